The number of fused-ring (bicyclic) bond motifs is 1. The molecule has 154 valence electrons. The summed E-state index contributed by atoms with van der Waals surface area (Å²) >= 11 is 0. The number of benzene rings is 1. The van der Waals surface area contributed by atoms with E-state index in [0.717, 1.165) is 12.8 Å². The minimum Gasteiger partial charge on any atom is -0.493 e. The lowest BCUT2D eigenvalue weighted by molar-refractivity contribution is 0.454. The van der Waals surface area contributed by atoms with Crippen LogP contribution in [0.25, 0.3) is 11.7 Å². The first kappa shape index (κ1) is 19.0. The van der Waals surface area contributed by atoms with Gasteiger partial charge in [0.2, 0.25) is 11.8 Å². The van der Waals surface area contributed by atoms with E-state index in [2.05, 4.69) is 35.3 Å². The van der Waals surface area contributed by atoms with Crippen molar-refractivity contribution in [2.75, 3.05) is 5.32 Å². The average Bonchev–Trinajstić information content (AvgIpc) is 3.36. The van der Waals surface area contributed by atoms with Gasteiger partial charge in [-0.2, -0.15) is 19.6 Å². The van der Waals surface area contributed by atoms with Crippen LogP contribution in [0.4, 0.5) is 10.3 Å². The molecule has 3 heterocycles. The first-order valence-corrected chi connectivity index (χ1v) is 9.56. The highest BCUT2D eigenvalue weighted by Gasteiger charge is 2.21. The number of anilines is 1. The van der Waals surface area contributed by atoms with Crippen LogP contribution in [0.3, 0.4) is 0 Å². The Morgan fingerprint density at radius 2 is 2.19 bits per heavy atom. The molecule has 1 aliphatic carbocycles. The Hall–Kier alpha value is -3.96. The standard InChI is InChI=1S/C19H16BFN8O2/c20-11-2-1-9(13(21)6-11)7-22-17-26-15-10(5-14-16(30)27-19(31)25-14)8-23-29(15)18(28-17)24-12-3-4-12/h1-2,5-6,8,12,30H,3-4,7H2,(H,22,24,28)(H2,25,27,31). The van der Waals surface area contributed by atoms with E-state index in [0.29, 0.717) is 27.5 Å². The van der Waals surface area contributed by atoms with Gasteiger partial charge in [0, 0.05) is 17.3 Å². The Labute approximate surface area is 175 Å². The molecule has 12 heteroatoms. The van der Waals surface area contributed by atoms with E-state index in [-0.39, 0.29) is 30.1 Å². The van der Waals surface area contributed by atoms with Crippen LogP contribution in [0.1, 0.15) is 24.1 Å². The third-order valence-corrected chi connectivity index (χ3v) is 4.77. The van der Waals surface area contributed by atoms with E-state index in [1.807, 2.05) is 0 Å². The molecule has 4 aromatic rings. The average molecular weight is 418 g/mol. The maximum Gasteiger partial charge on any atom is 0.326 e. The minimum atomic E-state index is -0.535. The van der Waals surface area contributed by atoms with Gasteiger partial charge in [0.25, 0.3) is 5.62 Å². The molecule has 1 aromatic carbocycles. The van der Waals surface area contributed by atoms with Crippen molar-refractivity contribution in [2.45, 2.75) is 25.4 Å². The molecule has 3 aromatic heterocycles. The Morgan fingerprint density at radius 1 is 1.35 bits per heavy atom. The maximum atomic E-state index is 14.1. The van der Waals surface area contributed by atoms with E-state index in [1.165, 1.54) is 22.9 Å². The number of imidazole rings is 1. The van der Waals surface area contributed by atoms with Crippen LogP contribution in [0.5, 0.6) is 5.88 Å². The van der Waals surface area contributed by atoms with E-state index in [4.69, 9.17) is 7.85 Å². The highest BCUT2D eigenvalue weighted by Crippen LogP contribution is 2.22. The largest absolute Gasteiger partial charge is 0.493 e. The Balaban J connectivity index is 1.58. The van der Waals surface area contributed by atoms with Gasteiger partial charge in [-0.05, 0) is 25.0 Å². The molecule has 1 saturated carbocycles. The zero-order chi connectivity index (χ0) is 21.5. The zero-order valence-corrected chi connectivity index (χ0v) is 16.1. The van der Waals surface area contributed by atoms with Crippen molar-refractivity contribution in [3.8, 4) is 5.88 Å². The van der Waals surface area contributed by atoms with Gasteiger partial charge in [-0.15, -0.1) is 0 Å². The Kier molecular flexibility index (Phi) is 4.53. The number of aromatic nitrogens is 6. The van der Waals surface area contributed by atoms with Crippen molar-refractivity contribution < 1.29 is 9.50 Å². The summed E-state index contributed by atoms with van der Waals surface area (Å²) in [6, 6.07) is 4.64. The molecule has 0 amide bonds. The Morgan fingerprint density at radius 3 is 2.90 bits per heavy atom. The normalized spacial score (nSPS) is 15.1. The second-order valence-corrected chi connectivity index (χ2v) is 7.23. The lowest BCUT2D eigenvalue weighted by Crippen LogP contribution is -2.25. The fourth-order valence-electron chi connectivity index (χ4n) is 3.04. The van der Waals surface area contributed by atoms with E-state index >= 15 is 0 Å². The van der Waals surface area contributed by atoms with Gasteiger partial charge in [0.1, 0.15) is 19.4 Å². The first-order valence-electron chi connectivity index (χ1n) is 9.56. The van der Waals surface area contributed by atoms with Crippen molar-refractivity contribution >= 4 is 31.0 Å². The second kappa shape index (κ2) is 7.38. The molecule has 1 fully saturated rings. The van der Waals surface area contributed by atoms with Crippen molar-refractivity contribution in [3.05, 3.63) is 62.8 Å². The van der Waals surface area contributed by atoms with Crippen LogP contribution in [0.15, 0.2) is 34.2 Å². The fourth-order valence-corrected chi connectivity index (χ4v) is 3.04. The molecule has 2 radical (unpaired) electrons. The molecule has 5 rings (SSSR count). The van der Waals surface area contributed by atoms with E-state index in [9.17, 15) is 14.3 Å². The number of hydrogen-bond acceptors (Lipinski definition) is 7. The topological polar surface area (TPSA) is 136 Å². The summed E-state index contributed by atoms with van der Waals surface area (Å²) in [6.07, 6.45) is 5.02. The van der Waals surface area contributed by atoms with E-state index in [1.54, 1.807) is 12.1 Å². The smallest absolute Gasteiger partial charge is 0.326 e. The highest BCUT2D eigenvalue weighted by molar-refractivity contribution is 6.32. The SMILES string of the molecule is [B]c1ccc(CNc2nc(=NC3CC3)n3ncc(=Cc4[nH]c(=O)[nH]c4O)c3n2)c(F)c1. The molecule has 4 N–H and O–H groups in total. The monoisotopic (exact) mass is 418 g/mol. The molecule has 0 unspecified atom stereocenters. The molecule has 0 aliphatic heterocycles. The van der Waals surface area contributed by atoms with Crippen LogP contribution in [0.2, 0.25) is 0 Å². The lowest BCUT2D eigenvalue weighted by Gasteiger charge is -2.07. The number of hydrogen-bond donors (Lipinski definition) is 4. The van der Waals surface area contributed by atoms with Crippen LogP contribution < -0.4 is 27.3 Å². The number of halogens is 1. The quantitative estimate of drug-likeness (QED) is 0.307. The summed E-state index contributed by atoms with van der Waals surface area (Å²) in [5, 5.41) is 17.7. The van der Waals surface area contributed by atoms with Gasteiger partial charge in [-0.3, -0.25) is 4.98 Å². The summed E-state index contributed by atoms with van der Waals surface area (Å²) in [4.78, 5) is 29.6. The zero-order valence-electron chi connectivity index (χ0n) is 16.1. The molecule has 0 atom stereocenters. The summed E-state index contributed by atoms with van der Waals surface area (Å²) in [5.74, 6) is -0.481. The molecule has 31 heavy (non-hydrogen) atoms. The Bertz CT molecular complexity index is 1470. The summed E-state index contributed by atoms with van der Waals surface area (Å²) in [5.41, 5.74) is 1.18. The minimum absolute atomic E-state index is 0.143. The molecule has 10 nitrogen and oxygen atoms in total. The van der Waals surface area contributed by atoms with Crippen molar-refractivity contribution in [3.63, 3.8) is 0 Å². The molecule has 0 spiro atoms. The van der Waals surface area contributed by atoms with Crippen molar-refractivity contribution in [2.24, 2.45) is 4.99 Å². The molecular formula is C19H16BFN8O2. The summed E-state index contributed by atoms with van der Waals surface area (Å²) in [6.45, 7) is 0.143. The van der Waals surface area contributed by atoms with Gasteiger partial charge in [-0.1, -0.05) is 17.6 Å². The number of nitrogens with zero attached hydrogens (tertiary/aromatic N) is 5. The van der Waals surface area contributed by atoms with Gasteiger partial charge < -0.3 is 15.4 Å². The van der Waals surface area contributed by atoms with Crippen molar-refractivity contribution in [1.82, 2.24) is 29.5 Å². The van der Waals surface area contributed by atoms with Gasteiger partial charge >= 0.3 is 5.69 Å². The van der Waals surface area contributed by atoms with Gasteiger partial charge in [0.15, 0.2) is 5.65 Å². The van der Waals surface area contributed by atoms with Crippen LogP contribution in [-0.4, -0.2) is 48.5 Å². The molecular weight excluding hydrogens is 402 g/mol. The van der Waals surface area contributed by atoms with Crippen LogP contribution >= 0.6 is 0 Å². The fraction of sp³-hybridized carbons (Fsp3) is 0.211. The summed E-state index contributed by atoms with van der Waals surface area (Å²) < 4.78 is 15.6. The highest BCUT2D eigenvalue weighted by atomic mass is 19.1. The predicted octanol–water partition coefficient (Wildman–Crippen LogP) is -0.998. The third kappa shape index (κ3) is 3.91. The third-order valence-electron chi connectivity index (χ3n) is 4.77. The number of aromatic amines is 2. The predicted molar refractivity (Wildman–Crippen MR) is 110 cm³/mol. The van der Waals surface area contributed by atoms with E-state index < -0.39 is 11.5 Å². The van der Waals surface area contributed by atoms with Crippen LogP contribution in [-0.2, 0) is 6.54 Å². The lowest BCUT2D eigenvalue weighted by atomic mass is 9.95. The molecule has 1 aliphatic rings. The first-order chi connectivity index (χ1) is 15.0. The summed E-state index contributed by atoms with van der Waals surface area (Å²) in [7, 11) is 5.60. The molecule has 0 saturated heterocycles. The van der Waals surface area contributed by atoms with Crippen molar-refractivity contribution in [1.29, 1.82) is 0 Å². The second-order valence-electron chi connectivity index (χ2n) is 7.23. The molecule has 0 bridgehead atoms. The number of H-pyrrole nitrogens is 2. The van der Waals surface area contributed by atoms with Gasteiger partial charge in [-0.25, -0.2) is 14.2 Å². The maximum absolute atomic E-state index is 14.1. The number of nitrogens with one attached hydrogen (secondary N) is 3. The van der Waals surface area contributed by atoms with Gasteiger partial charge in [0.05, 0.1) is 12.2 Å². The number of rotatable bonds is 5. The number of aromatic hydroxyl groups is 1. The van der Waals surface area contributed by atoms with Crippen LogP contribution in [0, 0.1) is 5.82 Å².